The molecule has 0 atom stereocenters. The van der Waals surface area contributed by atoms with Crippen molar-refractivity contribution in [3.8, 4) is 5.75 Å². The quantitative estimate of drug-likeness (QED) is 0.615. The highest BCUT2D eigenvalue weighted by atomic mass is 35.5. The van der Waals surface area contributed by atoms with Gasteiger partial charge in [0.25, 0.3) is 5.91 Å². The maximum absolute atomic E-state index is 12.4. The Morgan fingerprint density at radius 3 is 2.80 bits per heavy atom. The van der Waals surface area contributed by atoms with Crippen molar-refractivity contribution >= 4 is 46.1 Å². The Balaban J connectivity index is 1.68. The highest BCUT2D eigenvalue weighted by Gasteiger charge is 2.10. The summed E-state index contributed by atoms with van der Waals surface area (Å²) in [7, 11) is 0. The van der Waals surface area contributed by atoms with Crippen LogP contribution in [-0.4, -0.2) is 10.9 Å². The number of hydrogen-bond donors (Lipinski definition) is 1. The summed E-state index contributed by atoms with van der Waals surface area (Å²) in [6.07, 6.45) is 0. The zero-order chi connectivity index (χ0) is 17.8. The fourth-order valence-electron chi connectivity index (χ4n) is 2.14. The predicted octanol–water partition coefficient (Wildman–Crippen LogP) is 5.59. The van der Waals surface area contributed by atoms with Crippen molar-refractivity contribution in [1.82, 2.24) is 4.98 Å². The van der Waals surface area contributed by atoms with Gasteiger partial charge in [0.2, 0.25) is 0 Å². The number of hydrogen-bond acceptors (Lipinski definition) is 4. The molecule has 0 radical (unpaired) electrons. The number of aromatic nitrogens is 1. The number of carbonyl (C=O) groups excluding carboxylic acids is 1. The van der Waals surface area contributed by atoms with E-state index in [0.717, 1.165) is 10.7 Å². The van der Waals surface area contributed by atoms with Crippen molar-refractivity contribution in [1.29, 1.82) is 0 Å². The van der Waals surface area contributed by atoms with Crippen LogP contribution in [0.1, 0.15) is 21.1 Å². The molecule has 4 nitrogen and oxygen atoms in total. The highest BCUT2D eigenvalue weighted by Crippen LogP contribution is 2.26. The predicted molar refractivity (Wildman–Crippen MR) is 102 cm³/mol. The third kappa shape index (κ3) is 4.72. The molecule has 0 fully saturated rings. The van der Waals surface area contributed by atoms with Gasteiger partial charge in [-0.05, 0) is 43.3 Å². The van der Waals surface area contributed by atoms with Gasteiger partial charge in [0.05, 0.1) is 21.4 Å². The molecule has 25 heavy (non-hydrogen) atoms. The lowest BCUT2D eigenvalue weighted by molar-refractivity contribution is 0.102. The van der Waals surface area contributed by atoms with Crippen molar-refractivity contribution < 1.29 is 9.53 Å². The van der Waals surface area contributed by atoms with Crippen LogP contribution in [0.2, 0.25) is 10.0 Å². The van der Waals surface area contributed by atoms with E-state index in [1.807, 2.05) is 12.3 Å². The number of rotatable bonds is 5. The lowest BCUT2D eigenvalue weighted by Crippen LogP contribution is -2.12. The summed E-state index contributed by atoms with van der Waals surface area (Å²) in [5.74, 6) is 0.319. The number of ether oxygens (including phenoxy) is 1. The smallest absolute Gasteiger partial charge is 0.255 e. The maximum atomic E-state index is 12.4. The summed E-state index contributed by atoms with van der Waals surface area (Å²) in [6, 6.07) is 11.8. The second-order valence-corrected chi connectivity index (χ2v) is 7.16. The maximum Gasteiger partial charge on any atom is 0.255 e. The van der Waals surface area contributed by atoms with Crippen molar-refractivity contribution in [2.45, 2.75) is 13.5 Å². The van der Waals surface area contributed by atoms with Gasteiger partial charge in [-0.3, -0.25) is 4.79 Å². The molecule has 1 N–H and O–H groups in total. The van der Waals surface area contributed by atoms with Crippen LogP contribution in [0.5, 0.6) is 5.75 Å². The van der Waals surface area contributed by atoms with Gasteiger partial charge in [0.1, 0.15) is 12.4 Å². The number of benzene rings is 2. The number of nitrogens with zero attached hydrogens (tertiary/aromatic N) is 1. The number of carbonyl (C=O) groups is 1. The van der Waals surface area contributed by atoms with Crippen LogP contribution < -0.4 is 10.1 Å². The second kappa shape index (κ2) is 7.87. The Morgan fingerprint density at radius 1 is 1.24 bits per heavy atom. The number of aryl methyl sites for hydroxylation is 1. The molecule has 7 heteroatoms. The van der Waals surface area contributed by atoms with E-state index in [0.29, 0.717) is 33.7 Å². The molecule has 0 spiro atoms. The van der Waals surface area contributed by atoms with Crippen LogP contribution in [0.3, 0.4) is 0 Å². The third-order valence-corrected chi connectivity index (χ3v) is 4.70. The molecule has 1 amide bonds. The van der Waals surface area contributed by atoms with Crippen LogP contribution >= 0.6 is 34.5 Å². The van der Waals surface area contributed by atoms with Gasteiger partial charge in [0.15, 0.2) is 0 Å². The molecule has 2 aromatic carbocycles. The lowest BCUT2D eigenvalue weighted by atomic mass is 10.2. The summed E-state index contributed by atoms with van der Waals surface area (Å²) in [5.41, 5.74) is 1.84. The first-order chi connectivity index (χ1) is 12.0. The summed E-state index contributed by atoms with van der Waals surface area (Å²) >= 11 is 13.5. The summed E-state index contributed by atoms with van der Waals surface area (Å²) in [6.45, 7) is 2.31. The number of nitrogens with one attached hydrogen (secondary N) is 1. The molecule has 0 aliphatic rings. The normalized spacial score (nSPS) is 10.5. The second-order valence-electron chi connectivity index (χ2n) is 5.25. The van der Waals surface area contributed by atoms with E-state index in [1.54, 1.807) is 53.8 Å². The van der Waals surface area contributed by atoms with Crippen LogP contribution in [0.25, 0.3) is 0 Å². The minimum Gasteiger partial charge on any atom is -0.487 e. The van der Waals surface area contributed by atoms with E-state index in [-0.39, 0.29) is 5.91 Å². The minimum atomic E-state index is -0.279. The molecular formula is C18H14Cl2N2O2S. The van der Waals surface area contributed by atoms with E-state index in [9.17, 15) is 4.79 Å². The molecule has 3 rings (SSSR count). The molecular weight excluding hydrogens is 379 g/mol. The monoisotopic (exact) mass is 392 g/mol. The number of thiazole rings is 1. The van der Waals surface area contributed by atoms with Crippen LogP contribution in [0, 0.1) is 6.92 Å². The van der Waals surface area contributed by atoms with Gasteiger partial charge in [-0.2, -0.15) is 0 Å². The van der Waals surface area contributed by atoms with E-state index >= 15 is 0 Å². The Labute approximate surface area is 159 Å². The molecule has 0 bridgehead atoms. The molecule has 0 saturated carbocycles. The average molecular weight is 393 g/mol. The first-order valence-electron chi connectivity index (χ1n) is 7.41. The van der Waals surface area contributed by atoms with Crippen LogP contribution in [-0.2, 0) is 6.61 Å². The standard InChI is InChI=1S/C18H14Cl2N2O2S/c1-11-21-14(10-25-11)9-24-15-4-2-3-12(7-15)18(23)22-17-6-5-13(19)8-16(17)20/h2-8,10H,9H2,1H3,(H,22,23). The van der Waals surface area contributed by atoms with E-state index in [2.05, 4.69) is 10.3 Å². The molecule has 3 aromatic rings. The zero-order valence-electron chi connectivity index (χ0n) is 13.3. The number of halogens is 2. The average Bonchev–Trinajstić information content (AvgIpc) is 3.01. The van der Waals surface area contributed by atoms with Crippen LogP contribution in [0.15, 0.2) is 47.8 Å². The third-order valence-electron chi connectivity index (χ3n) is 3.33. The van der Waals surface area contributed by atoms with Crippen molar-refractivity contribution in [3.05, 3.63) is 74.2 Å². The van der Waals surface area contributed by atoms with Crippen molar-refractivity contribution in [2.75, 3.05) is 5.32 Å². The summed E-state index contributed by atoms with van der Waals surface area (Å²) < 4.78 is 5.71. The van der Waals surface area contributed by atoms with Gasteiger partial charge in [-0.15, -0.1) is 11.3 Å². The molecule has 0 saturated heterocycles. The largest absolute Gasteiger partial charge is 0.487 e. The van der Waals surface area contributed by atoms with Crippen molar-refractivity contribution in [2.24, 2.45) is 0 Å². The van der Waals surface area contributed by atoms with Gasteiger partial charge < -0.3 is 10.1 Å². The molecule has 0 unspecified atom stereocenters. The van der Waals surface area contributed by atoms with Crippen molar-refractivity contribution in [3.63, 3.8) is 0 Å². The minimum absolute atomic E-state index is 0.279. The molecule has 128 valence electrons. The van der Waals surface area contributed by atoms with Crippen LogP contribution in [0.4, 0.5) is 5.69 Å². The van der Waals surface area contributed by atoms with E-state index in [4.69, 9.17) is 27.9 Å². The Hall–Kier alpha value is -2.08. The lowest BCUT2D eigenvalue weighted by Gasteiger charge is -2.09. The fourth-order valence-corrected chi connectivity index (χ4v) is 3.20. The Kier molecular flexibility index (Phi) is 5.58. The molecule has 1 heterocycles. The summed E-state index contributed by atoms with van der Waals surface area (Å²) in [4.78, 5) is 16.8. The fraction of sp³-hybridized carbons (Fsp3) is 0.111. The highest BCUT2D eigenvalue weighted by molar-refractivity contribution is 7.09. The number of amides is 1. The van der Waals surface area contributed by atoms with Gasteiger partial charge in [-0.1, -0.05) is 29.3 Å². The number of anilines is 1. The summed E-state index contributed by atoms with van der Waals surface area (Å²) in [5, 5.41) is 6.60. The molecule has 0 aliphatic heterocycles. The van der Waals surface area contributed by atoms with E-state index in [1.165, 1.54) is 0 Å². The first kappa shape index (κ1) is 17.7. The molecule has 0 aliphatic carbocycles. The topological polar surface area (TPSA) is 51.2 Å². The first-order valence-corrected chi connectivity index (χ1v) is 9.05. The molecule has 1 aromatic heterocycles. The Bertz CT molecular complexity index is 912. The Morgan fingerprint density at radius 2 is 2.08 bits per heavy atom. The van der Waals surface area contributed by atoms with E-state index < -0.39 is 0 Å². The van der Waals surface area contributed by atoms with Gasteiger partial charge in [0, 0.05) is 16.0 Å². The zero-order valence-corrected chi connectivity index (χ0v) is 15.6. The SMILES string of the molecule is Cc1nc(COc2cccc(C(=O)Nc3ccc(Cl)cc3Cl)c2)cs1. The van der Waals surface area contributed by atoms with Gasteiger partial charge >= 0.3 is 0 Å². The van der Waals surface area contributed by atoms with Gasteiger partial charge in [-0.25, -0.2) is 4.98 Å².